The van der Waals surface area contributed by atoms with E-state index < -0.39 is 0 Å². The normalized spacial score (nSPS) is 11.8. The van der Waals surface area contributed by atoms with Gasteiger partial charge < -0.3 is 4.40 Å². The van der Waals surface area contributed by atoms with Crippen molar-refractivity contribution in [3.8, 4) is 17.2 Å². The third kappa shape index (κ3) is 2.15. The number of para-hydroxylation sites is 1. The van der Waals surface area contributed by atoms with Crippen molar-refractivity contribution in [1.82, 2.24) is 4.40 Å². The summed E-state index contributed by atoms with van der Waals surface area (Å²) in [6.07, 6.45) is 0. The molecule has 0 saturated heterocycles. The Labute approximate surface area is 178 Å². The molecule has 5 aromatic carbocycles. The van der Waals surface area contributed by atoms with Gasteiger partial charge in [0.05, 0.1) is 28.2 Å². The van der Waals surface area contributed by atoms with Crippen LogP contribution in [0.5, 0.6) is 0 Å². The summed E-state index contributed by atoms with van der Waals surface area (Å²) in [5.41, 5.74) is 6.64. The first-order valence-electron chi connectivity index (χ1n) is 10.4. The average Bonchev–Trinajstić information content (AvgIpc) is 3.33. The van der Waals surface area contributed by atoms with Crippen LogP contribution in [0.25, 0.3) is 60.0 Å². The Balaban J connectivity index is 1.72. The van der Waals surface area contributed by atoms with Gasteiger partial charge in [-0.2, -0.15) is 5.26 Å². The molecule has 7 aromatic rings. The van der Waals surface area contributed by atoms with E-state index in [0.717, 1.165) is 11.1 Å². The molecule has 0 bridgehead atoms. The van der Waals surface area contributed by atoms with E-state index >= 15 is 0 Å². The maximum Gasteiger partial charge on any atom is 0.0991 e. The number of nitrogens with zero attached hydrogens (tertiary/aromatic N) is 2. The molecular weight excluding hydrogens is 376 g/mol. The van der Waals surface area contributed by atoms with Crippen molar-refractivity contribution >= 4 is 48.9 Å². The van der Waals surface area contributed by atoms with Gasteiger partial charge in [-0.15, -0.1) is 0 Å². The van der Waals surface area contributed by atoms with E-state index in [1.807, 2.05) is 18.2 Å². The van der Waals surface area contributed by atoms with Crippen LogP contribution in [-0.2, 0) is 0 Å². The Kier molecular flexibility index (Phi) is 3.10. The quantitative estimate of drug-likeness (QED) is 0.284. The number of fused-ring (bicyclic) bond motifs is 7. The van der Waals surface area contributed by atoms with Crippen LogP contribution in [0.1, 0.15) is 5.56 Å². The smallest absolute Gasteiger partial charge is 0.0991 e. The van der Waals surface area contributed by atoms with Gasteiger partial charge in [-0.25, -0.2) is 0 Å². The zero-order valence-electron chi connectivity index (χ0n) is 16.6. The third-order valence-corrected chi connectivity index (χ3v) is 6.49. The zero-order chi connectivity index (χ0) is 20.5. The number of aromatic nitrogens is 1. The monoisotopic (exact) mass is 392 g/mol. The van der Waals surface area contributed by atoms with E-state index in [1.165, 1.54) is 48.9 Å². The van der Waals surface area contributed by atoms with Crippen molar-refractivity contribution in [2.24, 2.45) is 0 Å². The summed E-state index contributed by atoms with van der Waals surface area (Å²) in [7, 11) is 0. The molecule has 0 radical (unpaired) electrons. The number of nitriles is 1. The fourth-order valence-corrected chi connectivity index (χ4v) is 5.12. The molecule has 31 heavy (non-hydrogen) atoms. The van der Waals surface area contributed by atoms with Crippen molar-refractivity contribution in [2.75, 3.05) is 0 Å². The summed E-state index contributed by atoms with van der Waals surface area (Å²) in [4.78, 5) is 0. The van der Waals surface area contributed by atoms with E-state index in [4.69, 9.17) is 0 Å². The first-order valence-corrected chi connectivity index (χ1v) is 10.4. The van der Waals surface area contributed by atoms with Gasteiger partial charge in [0.2, 0.25) is 0 Å². The highest BCUT2D eigenvalue weighted by Crippen LogP contribution is 2.42. The summed E-state index contributed by atoms with van der Waals surface area (Å²) < 4.78 is 2.41. The zero-order valence-corrected chi connectivity index (χ0v) is 16.6. The molecule has 0 spiro atoms. The molecular formula is C29H16N2. The largest absolute Gasteiger partial charge is 0.308 e. The summed E-state index contributed by atoms with van der Waals surface area (Å²) in [5, 5.41) is 16.9. The number of benzene rings is 5. The molecule has 2 nitrogen and oxygen atoms in total. The Morgan fingerprint density at radius 2 is 1.29 bits per heavy atom. The van der Waals surface area contributed by atoms with Crippen LogP contribution in [0.3, 0.4) is 0 Å². The summed E-state index contributed by atoms with van der Waals surface area (Å²) in [6, 6.07) is 36.5. The van der Waals surface area contributed by atoms with Gasteiger partial charge in [0.25, 0.3) is 0 Å². The second-order valence-corrected chi connectivity index (χ2v) is 8.18. The lowest BCUT2D eigenvalue weighted by molar-refractivity contribution is 1.37. The lowest BCUT2D eigenvalue weighted by Gasteiger charge is -2.05. The van der Waals surface area contributed by atoms with Gasteiger partial charge in [-0.3, -0.25) is 0 Å². The van der Waals surface area contributed by atoms with E-state index in [0.29, 0.717) is 5.56 Å². The first-order chi connectivity index (χ1) is 15.3. The standard InChI is InChI=1S/C29H16N2/c30-17-18-6-5-9-19(12-18)22-14-25-23-10-3-4-11-27(23)31-28-16-21-8-2-1-7-20(21)13-24(28)26(15-22)29(25)31/h1-16H. The van der Waals surface area contributed by atoms with Crippen LogP contribution in [-0.4, -0.2) is 4.40 Å². The molecule has 0 fully saturated rings. The first kappa shape index (κ1) is 16.4. The van der Waals surface area contributed by atoms with Crippen molar-refractivity contribution in [2.45, 2.75) is 0 Å². The van der Waals surface area contributed by atoms with Crippen LogP contribution in [0.15, 0.2) is 97.1 Å². The molecule has 2 heteroatoms. The maximum atomic E-state index is 9.38. The second kappa shape index (κ2) is 5.84. The molecule has 142 valence electrons. The molecule has 0 N–H and O–H groups in total. The van der Waals surface area contributed by atoms with E-state index in [9.17, 15) is 5.26 Å². The van der Waals surface area contributed by atoms with Gasteiger partial charge in [-0.1, -0.05) is 54.6 Å². The molecule has 7 rings (SSSR count). The third-order valence-electron chi connectivity index (χ3n) is 6.49. The van der Waals surface area contributed by atoms with E-state index in [-0.39, 0.29) is 0 Å². The van der Waals surface area contributed by atoms with Gasteiger partial charge in [-0.05, 0) is 64.4 Å². The van der Waals surface area contributed by atoms with Crippen LogP contribution < -0.4 is 0 Å². The molecule has 0 atom stereocenters. The summed E-state index contributed by atoms with van der Waals surface area (Å²) in [6.45, 7) is 0. The summed E-state index contributed by atoms with van der Waals surface area (Å²) in [5.74, 6) is 0. The molecule has 2 heterocycles. The highest BCUT2D eigenvalue weighted by atomic mass is 14.9. The number of hydrogen-bond donors (Lipinski definition) is 0. The summed E-state index contributed by atoms with van der Waals surface area (Å²) >= 11 is 0. The maximum absolute atomic E-state index is 9.38. The highest BCUT2D eigenvalue weighted by molar-refractivity contribution is 6.25. The fourth-order valence-electron chi connectivity index (χ4n) is 5.12. The van der Waals surface area contributed by atoms with Crippen molar-refractivity contribution in [3.05, 3.63) is 103 Å². The van der Waals surface area contributed by atoms with Gasteiger partial charge in [0, 0.05) is 21.5 Å². The van der Waals surface area contributed by atoms with Crippen molar-refractivity contribution in [3.63, 3.8) is 0 Å². The Morgan fingerprint density at radius 3 is 2.13 bits per heavy atom. The van der Waals surface area contributed by atoms with Crippen LogP contribution >= 0.6 is 0 Å². The topological polar surface area (TPSA) is 28.2 Å². The molecule has 0 aliphatic rings. The highest BCUT2D eigenvalue weighted by Gasteiger charge is 2.19. The molecule has 0 aliphatic carbocycles. The fraction of sp³-hybridized carbons (Fsp3) is 0. The second-order valence-electron chi connectivity index (χ2n) is 8.18. The molecule has 0 unspecified atom stereocenters. The van der Waals surface area contributed by atoms with Gasteiger partial charge in [0.1, 0.15) is 0 Å². The van der Waals surface area contributed by atoms with Gasteiger partial charge >= 0.3 is 0 Å². The minimum absolute atomic E-state index is 0.683. The van der Waals surface area contributed by atoms with Crippen molar-refractivity contribution in [1.29, 1.82) is 5.26 Å². The Morgan fingerprint density at radius 1 is 0.548 bits per heavy atom. The average molecular weight is 392 g/mol. The van der Waals surface area contributed by atoms with E-state index in [1.54, 1.807) is 0 Å². The number of hydrogen-bond acceptors (Lipinski definition) is 1. The minimum atomic E-state index is 0.683. The SMILES string of the molecule is N#Cc1cccc(-c2cc3c4ccccc4n4c5cc6ccccc6cc5c(c2)c34)c1. The lowest BCUT2D eigenvalue weighted by Crippen LogP contribution is -1.81. The van der Waals surface area contributed by atoms with Gasteiger partial charge in [0.15, 0.2) is 0 Å². The molecule has 2 aromatic heterocycles. The van der Waals surface area contributed by atoms with E-state index in [2.05, 4.69) is 89.3 Å². The predicted molar refractivity (Wildman–Crippen MR) is 129 cm³/mol. The molecule has 0 amide bonds. The van der Waals surface area contributed by atoms with Crippen LogP contribution in [0.4, 0.5) is 0 Å². The lowest BCUT2D eigenvalue weighted by atomic mass is 9.97. The Bertz CT molecular complexity index is 1850. The minimum Gasteiger partial charge on any atom is -0.308 e. The predicted octanol–water partition coefficient (Wildman–Crippen LogP) is 7.53. The Hall–Kier alpha value is -4.35. The molecule has 0 aliphatic heterocycles. The van der Waals surface area contributed by atoms with Crippen molar-refractivity contribution < 1.29 is 0 Å². The van der Waals surface area contributed by atoms with Crippen LogP contribution in [0.2, 0.25) is 0 Å². The van der Waals surface area contributed by atoms with Crippen LogP contribution in [0, 0.1) is 11.3 Å². The molecule has 0 saturated carbocycles. The number of rotatable bonds is 1.